The van der Waals surface area contributed by atoms with E-state index in [1.807, 2.05) is 5.32 Å². The second-order valence-electron chi connectivity index (χ2n) is 8.97. The van der Waals surface area contributed by atoms with Gasteiger partial charge < -0.3 is 16.0 Å². The normalized spacial score (nSPS) is 11.9. The summed E-state index contributed by atoms with van der Waals surface area (Å²) >= 11 is 0.924. The van der Waals surface area contributed by atoms with E-state index in [4.69, 9.17) is 0 Å². The highest BCUT2D eigenvalue weighted by Crippen LogP contribution is 2.29. The number of halogens is 5. The number of rotatable bonds is 9. The van der Waals surface area contributed by atoms with E-state index in [1.165, 1.54) is 43.3 Å². The Balaban J connectivity index is 1.50. The van der Waals surface area contributed by atoms with Gasteiger partial charge in [0.25, 0.3) is 11.8 Å². The molecule has 0 radical (unpaired) electrons. The summed E-state index contributed by atoms with van der Waals surface area (Å²) < 4.78 is 69.3. The fraction of sp³-hybridized carbons (Fsp3) is 0.0645. The van der Waals surface area contributed by atoms with Crippen LogP contribution in [-0.2, 0) is 9.59 Å². The highest BCUT2D eigenvalue weighted by atomic mass is 32.2. The summed E-state index contributed by atoms with van der Waals surface area (Å²) in [5.74, 6) is -9.76. The molecule has 4 aromatic carbocycles. The van der Waals surface area contributed by atoms with Gasteiger partial charge in [0.2, 0.25) is 5.91 Å². The van der Waals surface area contributed by atoms with Crippen molar-refractivity contribution >= 4 is 46.9 Å². The smallest absolute Gasteiger partial charge is 0.272 e. The van der Waals surface area contributed by atoms with Crippen molar-refractivity contribution < 1.29 is 36.3 Å². The van der Waals surface area contributed by atoms with Gasteiger partial charge in [0, 0.05) is 27.8 Å². The van der Waals surface area contributed by atoms with Crippen molar-refractivity contribution in [2.45, 2.75) is 17.1 Å². The Labute approximate surface area is 247 Å². The van der Waals surface area contributed by atoms with Gasteiger partial charge in [-0.25, -0.2) is 22.0 Å². The number of thioether (sulfide) groups is 1. The summed E-state index contributed by atoms with van der Waals surface area (Å²) in [6.45, 7) is 1.39. The van der Waals surface area contributed by atoms with E-state index in [-0.39, 0.29) is 28.6 Å². The molecule has 1 atom stereocenters. The van der Waals surface area contributed by atoms with Crippen molar-refractivity contribution in [2.75, 3.05) is 10.6 Å². The van der Waals surface area contributed by atoms with Crippen LogP contribution in [-0.4, -0.2) is 23.0 Å². The summed E-state index contributed by atoms with van der Waals surface area (Å²) in [4.78, 5) is 39.0. The molecular formula is C31H22F5N3O3S. The summed E-state index contributed by atoms with van der Waals surface area (Å²) in [6, 6.07) is 19.9. The molecule has 0 aliphatic carbocycles. The Bertz CT molecular complexity index is 1690. The molecule has 3 N–H and O–H groups in total. The number of carbonyl (C=O) groups excluding carboxylic acids is 3. The molecular weight excluding hydrogens is 589 g/mol. The van der Waals surface area contributed by atoms with E-state index in [2.05, 4.69) is 10.6 Å². The van der Waals surface area contributed by atoms with Crippen LogP contribution >= 0.6 is 11.8 Å². The summed E-state index contributed by atoms with van der Waals surface area (Å²) in [5.41, 5.74) is -0.948. The molecule has 0 saturated carbocycles. The standard InChI is InChI=1S/C31H22F5N3O3S/c1-17(29(40)39-28-26(35)23(33)16-24(34)27(28)36)43-21-12-7-11-20(15-21)37-31(42)25(14-19-10-5-6-13-22(19)32)38-30(41)18-8-3-2-4-9-18/h2-17H,1H3,(H,37,42)(H,38,41)(H,39,40)/b25-14-. The molecule has 0 aliphatic heterocycles. The van der Waals surface area contributed by atoms with E-state index >= 15 is 0 Å². The molecule has 0 fully saturated rings. The predicted molar refractivity (Wildman–Crippen MR) is 154 cm³/mol. The zero-order chi connectivity index (χ0) is 31.1. The van der Waals surface area contributed by atoms with Crippen molar-refractivity contribution in [3.8, 4) is 0 Å². The summed E-state index contributed by atoms with van der Waals surface area (Å²) in [5, 5.41) is 5.97. The lowest BCUT2D eigenvalue weighted by atomic mass is 10.1. The molecule has 6 nitrogen and oxygen atoms in total. The Morgan fingerprint density at radius 3 is 2.07 bits per heavy atom. The molecule has 0 heterocycles. The highest BCUT2D eigenvalue weighted by Gasteiger charge is 2.24. The minimum Gasteiger partial charge on any atom is -0.321 e. The maximum Gasteiger partial charge on any atom is 0.272 e. The lowest BCUT2D eigenvalue weighted by Gasteiger charge is -2.15. The summed E-state index contributed by atoms with van der Waals surface area (Å²) in [7, 11) is 0. The van der Waals surface area contributed by atoms with Gasteiger partial charge in [-0.05, 0) is 49.4 Å². The van der Waals surface area contributed by atoms with Crippen LogP contribution < -0.4 is 16.0 Å². The highest BCUT2D eigenvalue weighted by molar-refractivity contribution is 8.00. The molecule has 4 rings (SSSR count). The quantitative estimate of drug-likeness (QED) is 0.0831. The average Bonchev–Trinajstić information content (AvgIpc) is 2.99. The van der Waals surface area contributed by atoms with Crippen molar-refractivity contribution in [2.24, 2.45) is 0 Å². The van der Waals surface area contributed by atoms with E-state index < -0.39 is 57.7 Å². The van der Waals surface area contributed by atoms with Crippen molar-refractivity contribution in [1.82, 2.24) is 5.32 Å². The van der Waals surface area contributed by atoms with Gasteiger partial charge in [-0.2, -0.15) is 0 Å². The van der Waals surface area contributed by atoms with Gasteiger partial charge in [0.1, 0.15) is 17.2 Å². The number of nitrogens with one attached hydrogen (secondary N) is 3. The molecule has 220 valence electrons. The minimum atomic E-state index is -1.74. The lowest BCUT2D eigenvalue weighted by molar-refractivity contribution is -0.115. The van der Waals surface area contributed by atoms with Crippen molar-refractivity contribution in [1.29, 1.82) is 0 Å². The van der Waals surface area contributed by atoms with Crippen LogP contribution in [0.1, 0.15) is 22.8 Å². The monoisotopic (exact) mass is 611 g/mol. The average molecular weight is 612 g/mol. The fourth-order valence-electron chi connectivity index (χ4n) is 3.70. The van der Waals surface area contributed by atoms with Gasteiger partial charge in [0.15, 0.2) is 23.3 Å². The first-order valence-corrected chi connectivity index (χ1v) is 13.5. The Morgan fingerprint density at radius 1 is 0.744 bits per heavy atom. The molecule has 0 saturated heterocycles. The molecule has 1 unspecified atom stereocenters. The number of hydrogen-bond donors (Lipinski definition) is 3. The molecule has 12 heteroatoms. The van der Waals surface area contributed by atoms with Gasteiger partial charge >= 0.3 is 0 Å². The van der Waals surface area contributed by atoms with Crippen molar-refractivity contribution in [3.05, 3.63) is 131 Å². The molecule has 0 aromatic heterocycles. The SMILES string of the molecule is CC(Sc1cccc(NC(=O)/C(=C/c2ccccc2F)NC(=O)c2ccccc2)c1)C(=O)Nc1c(F)c(F)cc(F)c1F. The maximum atomic E-state index is 14.4. The van der Waals surface area contributed by atoms with Crippen LogP contribution in [0.15, 0.2) is 95.5 Å². The first-order valence-electron chi connectivity index (χ1n) is 12.6. The molecule has 0 bridgehead atoms. The number of carbonyl (C=O) groups is 3. The van der Waals surface area contributed by atoms with E-state index in [0.717, 1.165) is 11.8 Å². The molecule has 3 amide bonds. The maximum absolute atomic E-state index is 14.4. The third-order valence-electron chi connectivity index (χ3n) is 5.87. The molecule has 4 aromatic rings. The fourth-order valence-corrected chi connectivity index (χ4v) is 4.63. The van der Waals surface area contributed by atoms with E-state index in [1.54, 1.807) is 48.5 Å². The molecule has 43 heavy (non-hydrogen) atoms. The molecule has 0 spiro atoms. The first-order chi connectivity index (χ1) is 20.5. The zero-order valence-electron chi connectivity index (χ0n) is 22.3. The largest absolute Gasteiger partial charge is 0.321 e. The minimum absolute atomic E-state index is 0.0301. The van der Waals surface area contributed by atoms with Gasteiger partial charge in [-0.3, -0.25) is 14.4 Å². The number of benzene rings is 4. The van der Waals surface area contributed by atoms with Crippen LogP contribution in [0.3, 0.4) is 0 Å². The predicted octanol–water partition coefficient (Wildman–Crippen LogP) is 6.91. The van der Waals surface area contributed by atoms with E-state index in [0.29, 0.717) is 4.90 Å². The van der Waals surface area contributed by atoms with Crippen molar-refractivity contribution in [3.63, 3.8) is 0 Å². The molecule has 0 aliphatic rings. The van der Waals surface area contributed by atoms with Gasteiger partial charge in [0.05, 0.1) is 5.25 Å². The van der Waals surface area contributed by atoms with Crippen LogP contribution in [0.25, 0.3) is 6.08 Å². The number of hydrogen-bond acceptors (Lipinski definition) is 4. The van der Waals surface area contributed by atoms with Crippen LogP contribution in [0, 0.1) is 29.1 Å². The lowest BCUT2D eigenvalue weighted by Crippen LogP contribution is -2.30. The third kappa shape index (κ3) is 7.86. The van der Waals surface area contributed by atoms with Gasteiger partial charge in [-0.15, -0.1) is 11.8 Å². The van der Waals surface area contributed by atoms with Gasteiger partial charge in [-0.1, -0.05) is 42.5 Å². The Hall–Kier alpha value is -4.97. The Morgan fingerprint density at radius 2 is 1.40 bits per heavy atom. The van der Waals surface area contributed by atoms with Crippen LogP contribution in [0.4, 0.5) is 33.3 Å². The second-order valence-corrected chi connectivity index (χ2v) is 10.4. The number of amides is 3. The van der Waals surface area contributed by atoms with Crippen LogP contribution in [0.5, 0.6) is 0 Å². The Kier molecular flexibility index (Phi) is 9.94. The zero-order valence-corrected chi connectivity index (χ0v) is 23.1. The number of anilines is 2. The van der Waals surface area contributed by atoms with E-state index in [9.17, 15) is 36.3 Å². The summed E-state index contributed by atoms with van der Waals surface area (Å²) in [6.07, 6.45) is 1.18. The van der Waals surface area contributed by atoms with Crippen LogP contribution in [0.2, 0.25) is 0 Å². The second kappa shape index (κ2) is 13.8. The first kappa shape index (κ1) is 31.0. The third-order valence-corrected chi connectivity index (χ3v) is 6.96. The topological polar surface area (TPSA) is 87.3 Å².